The SMILES string of the molecule is Cc1cnc(C(=O)N[C@@H]2CCC[C@@H]2C(=O)NCc2ccc(OC(C)C)cc2)cn1. The molecule has 1 aromatic carbocycles. The number of hydrogen-bond acceptors (Lipinski definition) is 5. The maximum absolute atomic E-state index is 12.7. The Hall–Kier alpha value is -2.96. The Kier molecular flexibility index (Phi) is 6.80. The molecule has 7 nitrogen and oxygen atoms in total. The number of hydrogen-bond donors (Lipinski definition) is 2. The molecule has 2 aromatic rings. The van der Waals surface area contributed by atoms with Gasteiger partial charge in [0.15, 0.2) is 0 Å². The summed E-state index contributed by atoms with van der Waals surface area (Å²) in [5.74, 6) is 0.252. The van der Waals surface area contributed by atoms with Crippen LogP contribution >= 0.6 is 0 Å². The van der Waals surface area contributed by atoms with E-state index in [0.717, 1.165) is 36.3 Å². The highest BCUT2D eigenvalue weighted by atomic mass is 16.5. The smallest absolute Gasteiger partial charge is 0.271 e. The summed E-state index contributed by atoms with van der Waals surface area (Å²) in [5.41, 5.74) is 2.02. The van der Waals surface area contributed by atoms with Gasteiger partial charge in [-0.3, -0.25) is 14.6 Å². The average Bonchev–Trinajstić information content (AvgIpc) is 3.15. The van der Waals surface area contributed by atoms with Crippen LogP contribution in [0.15, 0.2) is 36.7 Å². The number of carbonyl (C=O) groups is 2. The van der Waals surface area contributed by atoms with Crippen LogP contribution in [0.5, 0.6) is 5.75 Å². The molecule has 1 aliphatic rings. The van der Waals surface area contributed by atoms with Crippen LogP contribution in [0.25, 0.3) is 0 Å². The van der Waals surface area contributed by atoms with E-state index in [9.17, 15) is 9.59 Å². The van der Waals surface area contributed by atoms with E-state index in [0.29, 0.717) is 6.54 Å². The molecule has 29 heavy (non-hydrogen) atoms. The first-order valence-corrected chi connectivity index (χ1v) is 10.0. The lowest BCUT2D eigenvalue weighted by atomic mass is 10.0. The zero-order valence-corrected chi connectivity index (χ0v) is 17.1. The van der Waals surface area contributed by atoms with Crippen molar-refractivity contribution >= 4 is 11.8 Å². The van der Waals surface area contributed by atoms with Gasteiger partial charge in [-0.2, -0.15) is 0 Å². The fraction of sp³-hybridized carbons (Fsp3) is 0.455. The molecule has 1 saturated carbocycles. The van der Waals surface area contributed by atoms with Crippen LogP contribution in [0, 0.1) is 12.8 Å². The molecule has 154 valence electrons. The van der Waals surface area contributed by atoms with Gasteiger partial charge in [0.1, 0.15) is 11.4 Å². The van der Waals surface area contributed by atoms with Crippen LogP contribution in [-0.2, 0) is 11.3 Å². The lowest BCUT2D eigenvalue weighted by molar-refractivity contribution is -0.125. The standard InChI is InChI=1S/C22H28N4O3/c1-14(2)29-17-9-7-16(8-10-17)12-25-21(27)18-5-4-6-19(18)26-22(28)20-13-23-15(3)11-24-20/h7-11,13-14,18-19H,4-6,12H2,1-3H3,(H,25,27)(H,26,28)/t18-,19+/m0/s1. The molecule has 0 bridgehead atoms. The molecule has 2 N–H and O–H groups in total. The summed E-state index contributed by atoms with van der Waals surface area (Å²) in [7, 11) is 0. The Morgan fingerprint density at radius 1 is 1.14 bits per heavy atom. The minimum absolute atomic E-state index is 0.0368. The molecule has 1 aliphatic carbocycles. The Morgan fingerprint density at radius 2 is 1.90 bits per heavy atom. The number of nitrogens with one attached hydrogen (secondary N) is 2. The summed E-state index contributed by atoms with van der Waals surface area (Å²) in [6.07, 6.45) is 5.60. The van der Waals surface area contributed by atoms with E-state index >= 15 is 0 Å². The van der Waals surface area contributed by atoms with Gasteiger partial charge in [0.05, 0.1) is 23.9 Å². The second-order valence-electron chi connectivity index (χ2n) is 7.69. The number of aromatic nitrogens is 2. The second-order valence-corrected chi connectivity index (χ2v) is 7.69. The Labute approximate surface area is 171 Å². The largest absolute Gasteiger partial charge is 0.491 e. The van der Waals surface area contributed by atoms with Gasteiger partial charge in [0, 0.05) is 18.8 Å². The molecule has 2 atom stereocenters. The van der Waals surface area contributed by atoms with E-state index in [1.165, 1.54) is 6.20 Å². The number of amides is 2. The van der Waals surface area contributed by atoms with Gasteiger partial charge < -0.3 is 15.4 Å². The third-order valence-electron chi connectivity index (χ3n) is 4.94. The zero-order chi connectivity index (χ0) is 20.8. The Morgan fingerprint density at radius 3 is 2.55 bits per heavy atom. The highest BCUT2D eigenvalue weighted by Crippen LogP contribution is 2.26. The molecule has 3 rings (SSSR count). The fourth-order valence-electron chi connectivity index (χ4n) is 3.48. The molecular weight excluding hydrogens is 368 g/mol. The van der Waals surface area contributed by atoms with Crippen LogP contribution in [0.3, 0.4) is 0 Å². The van der Waals surface area contributed by atoms with Crippen LogP contribution in [0.1, 0.15) is 54.9 Å². The van der Waals surface area contributed by atoms with Crippen molar-refractivity contribution in [2.24, 2.45) is 5.92 Å². The lowest BCUT2D eigenvalue weighted by Crippen LogP contribution is -2.44. The average molecular weight is 396 g/mol. The third-order valence-corrected chi connectivity index (χ3v) is 4.94. The van der Waals surface area contributed by atoms with E-state index in [1.807, 2.05) is 45.0 Å². The fourth-order valence-corrected chi connectivity index (χ4v) is 3.48. The first-order chi connectivity index (χ1) is 13.9. The van der Waals surface area contributed by atoms with Gasteiger partial charge in [-0.15, -0.1) is 0 Å². The minimum Gasteiger partial charge on any atom is -0.491 e. The summed E-state index contributed by atoms with van der Waals surface area (Å²) in [6, 6.07) is 7.52. The Bertz CT molecular complexity index is 834. The molecular formula is C22H28N4O3. The molecule has 1 fully saturated rings. The maximum Gasteiger partial charge on any atom is 0.271 e. The van der Waals surface area contributed by atoms with Gasteiger partial charge in [-0.05, 0) is 51.3 Å². The minimum atomic E-state index is -0.289. The number of aryl methyl sites for hydroxylation is 1. The number of carbonyl (C=O) groups excluding carboxylic acids is 2. The van der Waals surface area contributed by atoms with E-state index < -0.39 is 0 Å². The van der Waals surface area contributed by atoms with Crippen molar-refractivity contribution in [3.8, 4) is 5.75 Å². The van der Waals surface area contributed by atoms with E-state index in [1.54, 1.807) is 6.20 Å². The molecule has 0 aliphatic heterocycles. The van der Waals surface area contributed by atoms with Crippen molar-refractivity contribution in [1.29, 1.82) is 0 Å². The quantitative estimate of drug-likeness (QED) is 0.751. The van der Waals surface area contributed by atoms with Crippen molar-refractivity contribution in [3.63, 3.8) is 0 Å². The van der Waals surface area contributed by atoms with Crippen molar-refractivity contribution < 1.29 is 14.3 Å². The van der Waals surface area contributed by atoms with Crippen molar-refractivity contribution in [1.82, 2.24) is 20.6 Å². The van der Waals surface area contributed by atoms with Crippen LogP contribution in [0.4, 0.5) is 0 Å². The van der Waals surface area contributed by atoms with Crippen molar-refractivity contribution in [2.45, 2.75) is 58.7 Å². The predicted octanol–water partition coefficient (Wildman–Crippen LogP) is 2.79. The highest BCUT2D eigenvalue weighted by molar-refractivity contribution is 5.92. The summed E-state index contributed by atoms with van der Waals surface area (Å²) in [5, 5.41) is 5.94. The zero-order valence-electron chi connectivity index (χ0n) is 17.1. The summed E-state index contributed by atoms with van der Waals surface area (Å²) in [6.45, 7) is 6.23. The molecule has 1 aromatic heterocycles. The molecule has 7 heteroatoms. The maximum atomic E-state index is 12.7. The van der Waals surface area contributed by atoms with Gasteiger partial charge >= 0.3 is 0 Å². The van der Waals surface area contributed by atoms with Gasteiger partial charge in [-0.1, -0.05) is 18.6 Å². The second kappa shape index (κ2) is 9.49. The molecule has 0 radical (unpaired) electrons. The molecule has 0 unspecified atom stereocenters. The summed E-state index contributed by atoms with van der Waals surface area (Å²) in [4.78, 5) is 33.3. The number of nitrogens with zero attached hydrogens (tertiary/aromatic N) is 2. The van der Waals surface area contributed by atoms with Crippen LogP contribution in [-0.4, -0.2) is 33.9 Å². The first kappa shape index (κ1) is 20.8. The van der Waals surface area contributed by atoms with Gasteiger partial charge in [-0.25, -0.2) is 4.98 Å². The predicted molar refractivity (Wildman–Crippen MR) is 109 cm³/mol. The van der Waals surface area contributed by atoms with E-state index in [-0.39, 0.29) is 35.6 Å². The topological polar surface area (TPSA) is 93.2 Å². The van der Waals surface area contributed by atoms with Gasteiger partial charge in [0.25, 0.3) is 5.91 Å². The number of rotatable bonds is 7. The van der Waals surface area contributed by atoms with Crippen LogP contribution in [0.2, 0.25) is 0 Å². The van der Waals surface area contributed by atoms with Crippen molar-refractivity contribution in [3.05, 3.63) is 53.6 Å². The van der Waals surface area contributed by atoms with Gasteiger partial charge in [0.2, 0.25) is 5.91 Å². The normalized spacial score (nSPS) is 18.5. The monoisotopic (exact) mass is 396 g/mol. The highest BCUT2D eigenvalue weighted by Gasteiger charge is 2.34. The molecule has 0 saturated heterocycles. The summed E-state index contributed by atoms with van der Waals surface area (Å²) >= 11 is 0. The van der Waals surface area contributed by atoms with Crippen LogP contribution < -0.4 is 15.4 Å². The molecule has 0 spiro atoms. The number of benzene rings is 1. The lowest BCUT2D eigenvalue weighted by Gasteiger charge is -2.20. The molecule has 1 heterocycles. The Balaban J connectivity index is 1.53. The van der Waals surface area contributed by atoms with E-state index in [4.69, 9.17) is 4.74 Å². The molecule has 2 amide bonds. The van der Waals surface area contributed by atoms with Crippen molar-refractivity contribution in [2.75, 3.05) is 0 Å². The third kappa shape index (κ3) is 5.76. The number of ether oxygens (including phenoxy) is 1. The van der Waals surface area contributed by atoms with E-state index in [2.05, 4.69) is 20.6 Å². The first-order valence-electron chi connectivity index (χ1n) is 10.0. The summed E-state index contributed by atoms with van der Waals surface area (Å²) < 4.78 is 5.63.